The molecule has 2 rings (SSSR count). The first-order valence-electron chi connectivity index (χ1n) is 9.31. The molecule has 1 aliphatic rings. The van der Waals surface area contributed by atoms with Crippen molar-refractivity contribution < 1.29 is 4.79 Å². The van der Waals surface area contributed by atoms with E-state index in [9.17, 15) is 4.79 Å². The molecule has 0 radical (unpaired) electrons. The van der Waals surface area contributed by atoms with Crippen molar-refractivity contribution in [2.24, 2.45) is 11.8 Å². The third-order valence-electron chi connectivity index (χ3n) is 5.01. The third-order valence-corrected chi connectivity index (χ3v) is 5.01. The largest absolute Gasteiger partial charge is 0.353 e. The maximum atomic E-state index is 12.4. The first kappa shape index (κ1) is 19.6. The molecule has 1 fully saturated rings. The van der Waals surface area contributed by atoms with Gasteiger partial charge in [-0.3, -0.25) is 9.69 Å². The first-order valence-corrected chi connectivity index (χ1v) is 9.31. The van der Waals surface area contributed by atoms with Crippen LogP contribution in [0.3, 0.4) is 0 Å². The van der Waals surface area contributed by atoms with Crippen LogP contribution < -0.4 is 10.2 Å². The summed E-state index contributed by atoms with van der Waals surface area (Å²) >= 11 is 0. The van der Waals surface area contributed by atoms with Crippen LogP contribution in [0.2, 0.25) is 0 Å². The van der Waals surface area contributed by atoms with Crippen molar-refractivity contribution in [3.05, 3.63) is 17.5 Å². The molecule has 0 aromatic carbocycles. The fourth-order valence-corrected chi connectivity index (χ4v) is 2.99. The van der Waals surface area contributed by atoms with Crippen molar-refractivity contribution in [2.45, 2.75) is 53.1 Å². The van der Waals surface area contributed by atoms with Crippen molar-refractivity contribution in [1.82, 2.24) is 20.2 Å². The lowest BCUT2D eigenvalue weighted by molar-refractivity contribution is -0.127. The van der Waals surface area contributed by atoms with Gasteiger partial charge in [0.25, 0.3) is 0 Å². The Kier molecular flexibility index (Phi) is 6.76. The number of carbonyl (C=O) groups is 1. The highest BCUT2D eigenvalue weighted by molar-refractivity contribution is 5.79. The predicted octanol–water partition coefficient (Wildman–Crippen LogP) is 2.22. The number of aromatic nitrogens is 2. The number of anilines is 1. The highest BCUT2D eigenvalue weighted by atomic mass is 16.1. The molecule has 140 valence electrons. The monoisotopic (exact) mass is 347 g/mol. The summed E-state index contributed by atoms with van der Waals surface area (Å²) in [7, 11) is 3.92. The molecule has 6 nitrogen and oxygen atoms in total. The average molecular weight is 348 g/mol. The fraction of sp³-hybridized carbons (Fsp3) is 0.737. The topological polar surface area (TPSA) is 61.4 Å². The van der Waals surface area contributed by atoms with Gasteiger partial charge >= 0.3 is 0 Å². The molecule has 1 saturated heterocycles. The molecular weight excluding hydrogens is 314 g/mol. The zero-order valence-electron chi connectivity index (χ0n) is 16.5. The van der Waals surface area contributed by atoms with Crippen LogP contribution in [0, 0.1) is 18.8 Å². The smallest absolute Gasteiger partial charge is 0.225 e. The second-order valence-corrected chi connectivity index (χ2v) is 7.79. The summed E-state index contributed by atoms with van der Waals surface area (Å²) in [6, 6.07) is 2.29. The molecular formula is C19H33N5O. The molecule has 1 aliphatic heterocycles. The van der Waals surface area contributed by atoms with Gasteiger partial charge in [0.15, 0.2) is 0 Å². The Morgan fingerprint density at radius 3 is 2.48 bits per heavy atom. The molecule has 2 heterocycles. The maximum Gasteiger partial charge on any atom is 0.225 e. The van der Waals surface area contributed by atoms with Crippen LogP contribution in [-0.4, -0.2) is 54.0 Å². The highest BCUT2D eigenvalue weighted by Gasteiger charge is 2.26. The molecule has 1 aromatic heterocycles. The minimum atomic E-state index is 0.141. The van der Waals surface area contributed by atoms with E-state index in [2.05, 4.69) is 47.0 Å². The second kappa shape index (κ2) is 8.61. The lowest BCUT2D eigenvalue weighted by atomic mass is 9.94. The quantitative estimate of drug-likeness (QED) is 0.855. The number of likely N-dealkylation sites (tertiary alicyclic amines) is 1. The first-order chi connectivity index (χ1) is 11.8. The van der Waals surface area contributed by atoms with Crippen molar-refractivity contribution in [3.63, 3.8) is 0 Å². The zero-order valence-corrected chi connectivity index (χ0v) is 16.5. The van der Waals surface area contributed by atoms with Crippen LogP contribution in [0.15, 0.2) is 6.07 Å². The number of nitrogens with one attached hydrogen (secondary N) is 1. The van der Waals surface area contributed by atoms with Crippen molar-refractivity contribution in [2.75, 3.05) is 32.1 Å². The fourth-order valence-electron chi connectivity index (χ4n) is 2.99. The van der Waals surface area contributed by atoms with Gasteiger partial charge in [-0.1, -0.05) is 13.8 Å². The van der Waals surface area contributed by atoms with Gasteiger partial charge in [-0.25, -0.2) is 9.97 Å². The number of hydrogen-bond donors (Lipinski definition) is 1. The van der Waals surface area contributed by atoms with E-state index in [1.807, 2.05) is 25.9 Å². The number of amides is 1. The van der Waals surface area contributed by atoms with Gasteiger partial charge in [0.1, 0.15) is 0 Å². The minimum Gasteiger partial charge on any atom is -0.353 e. The van der Waals surface area contributed by atoms with Crippen molar-refractivity contribution in [3.8, 4) is 0 Å². The summed E-state index contributed by atoms with van der Waals surface area (Å²) in [5.74, 6) is 1.58. The maximum absolute atomic E-state index is 12.4. The van der Waals surface area contributed by atoms with Crippen LogP contribution in [0.5, 0.6) is 0 Å². The molecule has 1 aromatic rings. The summed E-state index contributed by atoms with van der Waals surface area (Å²) < 4.78 is 0. The van der Waals surface area contributed by atoms with E-state index < -0.39 is 0 Å². The number of rotatable bonds is 6. The Bertz CT molecular complexity index is 579. The molecule has 6 heteroatoms. The Morgan fingerprint density at radius 2 is 1.92 bits per heavy atom. The highest BCUT2D eigenvalue weighted by Crippen LogP contribution is 2.20. The van der Waals surface area contributed by atoms with Crippen LogP contribution >= 0.6 is 0 Å². The standard InChI is InChI=1S/C19H33N5O/c1-13(2)15(4)21-18(25)16-7-9-24(10-8-16)12-17-11-14(3)20-19(22-17)23(5)6/h11,13,15-16H,7-10,12H2,1-6H3,(H,21,25)/t15-/m0/s1. The van der Waals surface area contributed by atoms with Crippen molar-refractivity contribution in [1.29, 1.82) is 0 Å². The second-order valence-electron chi connectivity index (χ2n) is 7.79. The molecule has 0 bridgehead atoms. The zero-order chi connectivity index (χ0) is 18.6. The summed E-state index contributed by atoms with van der Waals surface area (Å²) in [5, 5.41) is 3.16. The molecule has 1 amide bonds. The molecule has 0 spiro atoms. The van der Waals surface area contributed by atoms with Gasteiger partial charge in [-0.05, 0) is 51.8 Å². The van der Waals surface area contributed by atoms with Gasteiger partial charge < -0.3 is 10.2 Å². The predicted molar refractivity (Wildman–Crippen MR) is 102 cm³/mol. The lowest BCUT2D eigenvalue weighted by Gasteiger charge is -2.32. The minimum absolute atomic E-state index is 0.141. The van der Waals surface area contributed by atoms with E-state index in [1.165, 1.54) is 0 Å². The Morgan fingerprint density at radius 1 is 1.28 bits per heavy atom. The van der Waals surface area contributed by atoms with Gasteiger partial charge in [-0.15, -0.1) is 0 Å². The summed E-state index contributed by atoms with van der Waals surface area (Å²) in [4.78, 5) is 25.8. The molecule has 1 N–H and O–H groups in total. The van der Waals surface area contributed by atoms with Gasteiger partial charge in [0.05, 0.1) is 5.69 Å². The van der Waals surface area contributed by atoms with E-state index in [1.54, 1.807) is 0 Å². The number of aryl methyl sites for hydroxylation is 1. The molecule has 1 atom stereocenters. The normalized spacial score (nSPS) is 17.6. The van der Waals surface area contributed by atoms with Crippen LogP contribution in [-0.2, 0) is 11.3 Å². The Hall–Kier alpha value is -1.69. The molecule has 0 unspecified atom stereocenters. The lowest BCUT2D eigenvalue weighted by Crippen LogP contribution is -2.44. The SMILES string of the molecule is Cc1cc(CN2CCC(C(=O)N[C@@H](C)C(C)C)CC2)nc(N(C)C)n1. The van der Waals surface area contributed by atoms with Crippen LogP contribution in [0.1, 0.15) is 45.0 Å². The summed E-state index contributed by atoms with van der Waals surface area (Å²) in [6.07, 6.45) is 1.84. The summed E-state index contributed by atoms with van der Waals surface area (Å²) in [5.41, 5.74) is 2.04. The third kappa shape index (κ3) is 5.66. The van der Waals surface area contributed by atoms with Gasteiger partial charge in [0, 0.05) is 38.3 Å². The van der Waals surface area contributed by atoms with E-state index in [0.29, 0.717) is 5.92 Å². The van der Waals surface area contributed by atoms with E-state index in [4.69, 9.17) is 0 Å². The number of nitrogens with zero attached hydrogens (tertiary/aromatic N) is 4. The molecule has 0 aliphatic carbocycles. The van der Waals surface area contributed by atoms with Gasteiger partial charge in [-0.2, -0.15) is 0 Å². The Labute approximate surface area is 152 Å². The van der Waals surface area contributed by atoms with E-state index >= 15 is 0 Å². The van der Waals surface area contributed by atoms with Crippen LogP contribution in [0.4, 0.5) is 5.95 Å². The average Bonchev–Trinajstić information content (AvgIpc) is 2.54. The number of carbonyl (C=O) groups excluding carboxylic acids is 1. The van der Waals surface area contributed by atoms with E-state index in [0.717, 1.165) is 49.8 Å². The molecule has 25 heavy (non-hydrogen) atoms. The number of piperidine rings is 1. The summed E-state index contributed by atoms with van der Waals surface area (Å²) in [6.45, 7) is 11.1. The van der Waals surface area contributed by atoms with Gasteiger partial charge in [0.2, 0.25) is 11.9 Å². The van der Waals surface area contributed by atoms with Crippen LogP contribution in [0.25, 0.3) is 0 Å². The van der Waals surface area contributed by atoms with E-state index in [-0.39, 0.29) is 17.9 Å². The molecule has 0 saturated carbocycles. The van der Waals surface area contributed by atoms with Crippen molar-refractivity contribution >= 4 is 11.9 Å². The number of hydrogen-bond acceptors (Lipinski definition) is 5. The Balaban J connectivity index is 1.87.